The van der Waals surface area contributed by atoms with Gasteiger partial charge in [-0.3, -0.25) is 10.00 Å². The van der Waals surface area contributed by atoms with Gasteiger partial charge in [0.25, 0.3) is 0 Å². The first-order valence-corrected chi connectivity index (χ1v) is 9.26. The Morgan fingerprint density at radius 3 is 2.77 bits per heavy atom. The van der Waals surface area contributed by atoms with Gasteiger partial charge in [-0.1, -0.05) is 12.1 Å². The number of ether oxygens (including phenoxy) is 2. The molecule has 1 aliphatic heterocycles. The quantitative estimate of drug-likeness (QED) is 0.735. The van der Waals surface area contributed by atoms with Crippen LogP contribution in [-0.2, 0) is 13.0 Å². The van der Waals surface area contributed by atoms with Gasteiger partial charge >= 0.3 is 0 Å². The largest absolute Gasteiger partial charge is 0.493 e. The molecule has 1 aliphatic rings. The Labute approximate surface area is 155 Å². The fourth-order valence-electron chi connectivity index (χ4n) is 3.65. The summed E-state index contributed by atoms with van der Waals surface area (Å²) < 4.78 is 11.4. The molecule has 0 unspecified atom stereocenters. The Balaban J connectivity index is 1.70. The smallest absolute Gasteiger partial charge is 0.164 e. The molecule has 0 saturated carbocycles. The molecule has 0 amide bonds. The maximum Gasteiger partial charge on any atom is 0.164 e. The fraction of sp³-hybridized carbons (Fsp3) is 0.500. The second-order valence-electron chi connectivity index (χ2n) is 6.63. The number of aromatic nitrogens is 3. The van der Waals surface area contributed by atoms with Gasteiger partial charge in [-0.2, -0.15) is 5.10 Å². The predicted octanol–water partition coefficient (Wildman–Crippen LogP) is 3.32. The van der Waals surface area contributed by atoms with Crippen molar-refractivity contribution >= 4 is 0 Å². The molecule has 6 heteroatoms. The van der Waals surface area contributed by atoms with E-state index in [-0.39, 0.29) is 0 Å². The summed E-state index contributed by atoms with van der Waals surface area (Å²) in [5.41, 5.74) is 2.38. The normalized spacial score (nSPS) is 15.8. The van der Waals surface area contributed by atoms with Gasteiger partial charge in [0.2, 0.25) is 0 Å². The van der Waals surface area contributed by atoms with Gasteiger partial charge in [-0.25, -0.2) is 4.98 Å². The lowest BCUT2D eigenvalue weighted by Gasteiger charge is -2.31. The van der Waals surface area contributed by atoms with Crippen LogP contribution in [0, 0.1) is 0 Å². The van der Waals surface area contributed by atoms with Crippen LogP contribution in [-0.4, -0.2) is 46.9 Å². The van der Waals surface area contributed by atoms with E-state index in [0.717, 1.165) is 61.8 Å². The van der Waals surface area contributed by atoms with Crippen molar-refractivity contribution in [2.75, 3.05) is 26.8 Å². The number of rotatable bonds is 8. The second kappa shape index (κ2) is 8.85. The molecule has 1 fully saturated rings. The first-order chi connectivity index (χ1) is 12.7. The van der Waals surface area contributed by atoms with E-state index in [0.29, 0.717) is 12.5 Å². The maximum absolute atomic E-state index is 5.81. The van der Waals surface area contributed by atoms with Crippen molar-refractivity contribution in [1.82, 2.24) is 20.1 Å². The Kier molecular flexibility index (Phi) is 6.28. The molecule has 0 aliphatic carbocycles. The minimum atomic E-state index is 0.486. The van der Waals surface area contributed by atoms with Gasteiger partial charge in [0, 0.05) is 18.0 Å². The van der Waals surface area contributed by atoms with Crippen LogP contribution in [0.2, 0.25) is 0 Å². The first kappa shape index (κ1) is 18.5. The minimum Gasteiger partial charge on any atom is -0.493 e. The lowest BCUT2D eigenvalue weighted by Crippen LogP contribution is -2.32. The molecule has 6 nitrogen and oxygen atoms in total. The van der Waals surface area contributed by atoms with E-state index in [1.165, 1.54) is 5.56 Å². The Hall–Kier alpha value is -2.34. The molecule has 1 aromatic carbocycles. The van der Waals surface area contributed by atoms with Gasteiger partial charge in [0.15, 0.2) is 11.5 Å². The lowest BCUT2D eigenvalue weighted by atomic mass is 9.95. The molecular formula is C20H28N4O2. The van der Waals surface area contributed by atoms with E-state index in [1.54, 1.807) is 13.4 Å². The van der Waals surface area contributed by atoms with Crippen molar-refractivity contribution in [3.05, 3.63) is 48.1 Å². The molecule has 0 spiro atoms. The zero-order valence-electron chi connectivity index (χ0n) is 15.7. The highest BCUT2D eigenvalue weighted by molar-refractivity contribution is 5.50. The molecule has 0 radical (unpaired) electrons. The van der Waals surface area contributed by atoms with Gasteiger partial charge in [0.1, 0.15) is 12.2 Å². The molecule has 140 valence electrons. The minimum absolute atomic E-state index is 0.486. The summed E-state index contributed by atoms with van der Waals surface area (Å²) in [6.45, 7) is 9.50. The van der Waals surface area contributed by atoms with Crippen LogP contribution >= 0.6 is 0 Å². The summed E-state index contributed by atoms with van der Waals surface area (Å²) >= 11 is 0. The van der Waals surface area contributed by atoms with Crippen molar-refractivity contribution in [3.8, 4) is 11.5 Å². The summed E-state index contributed by atoms with van der Waals surface area (Å²) in [7, 11) is 1.69. The average Bonchev–Trinajstić information content (AvgIpc) is 3.18. The molecular weight excluding hydrogens is 328 g/mol. The number of nitrogens with one attached hydrogen (secondary N) is 1. The SMILES string of the molecule is C=CCc1cc(CN2CCC(c3ncn[nH]3)CC2)cc(OCC)c1OC. The number of likely N-dealkylation sites (tertiary alicyclic amines) is 1. The van der Waals surface area contributed by atoms with Crippen molar-refractivity contribution in [1.29, 1.82) is 0 Å². The number of hydrogen-bond donors (Lipinski definition) is 1. The average molecular weight is 356 g/mol. The Bertz CT molecular complexity index is 707. The van der Waals surface area contributed by atoms with Crippen molar-refractivity contribution in [2.24, 2.45) is 0 Å². The summed E-state index contributed by atoms with van der Waals surface area (Å²) in [6.07, 6.45) is 6.46. The first-order valence-electron chi connectivity index (χ1n) is 9.26. The van der Waals surface area contributed by atoms with Crippen LogP contribution in [0.5, 0.6) is 11.5 Å². The van der Waals surface area contributed by atoms with E-state index in [2.05, 4.69) is 38.8 Å². The van der Waals surface area contributed by atoms with Gasteiger partial charge in [-0.15, -0.1) is 6.58 Å². The van der Waals surface area contributed by atoms with Crippen LogP contribution in [0.1, 0.15) is 42.6 Å². The number of methoxy groups -OCH3 is 1. The third kappa shape index (κ3) is 4.25. The second-order valence-corrected chi connectivity index (χ2v) is 6.63. The summed E-state index contributed by atoms with van der Waals surface area (Å²) in [6, 6.07) is 4.32. The van der Waals surface area contributed by atoms with Crippen LogP contribution in [0.3, 0.4) is 0 Å². The topological polar surface area (TPSA) is 63.3 Å². The highest BCUT2D eigenvalue weighted by atomic mass is 16.5. The zero-order chi connectivity index (χ0) is 18.4. The van der Waals surface area contributed by atoms with E-state index in [4.69, 9.17) is 9.47 Å². The summed E-state index contributed by atoms with van der Waals surface area (Å²) in [5.74, 6) is 3.14. The van der Waals surface area contributed by atoms with Crippen molar-refractivity contribution in [3.63, 3.8) is 0 Å². The van der Waals surface area contributed by atoms with Gasteiger partial charge in [-0.05, 0) is 50.9 Å². The van der Waals surface area contributed by atoms with E-state index < -0.39 is 0 Å². The summed E-state index contributed by atoms with van der Waals surface area (Å²) in [5, 5.41) is 6.98. The molecule has 1 aromatic heterocycles. The van der Waals surface area contributed by atoms with E-state index in [9.17, 15) is 0 Å². The maximum atomic E-state index is 5.81. The molecule has 3 rings (SSSR count). The van der Waals surface area contributed by atoms with Crippen LogP contribution in [0.4, 0.5) is 0 Å². The molecule has 1 N–H and O–H groups in total. The number of piperidine rings is 1. The number of benzene rings is 1. The third-order valence-electron chi connectivity index (χ3n) is 4.87. The number of H-pyrrole nitrogens is 1. The highest BCUT2D eigenvalue weighted by Crippen LogP contribution is 2.34. The summed E-state index contributed by atoms with van der Waals surface area (Å²) in [4.78, 5) is 6.80. The van der Waals surface area contributed by atoms with Crippen molar-refractivity contribution < 1.29 is 9.47 Å². The molecule has 0 atom stereocenters. The lowest BCUT2D eigenvalue weighted by molar-refractivity contribution is 0.201. The number of hydrogen-bond acceptors (Lipinski definition) is 5. The standard InChI is InChI=1S/C20H28N4O2/c1-4-6-17-11-15(12-18(26-5-2)19(17)25-3)13-24-9-7-16(8-10-24)20-21-14-22-23-20/h4,11-12,14,16H,1,5-10,13H2,2-3H3,(H,21,22,23). The molecule has 0 bridgehead atoms. The predicted molar refractivity (Wildman–Crippen MR) is 102 cm³/mol. The molecule has 26 heavy (non-hydrogen) atoms. The Morgan fingerprint density at radius 1 is 1.35 bits per heavy atom. The van der Waals surface area contributed by atoms with Gasteiger partial charge < -0.3 is 9.47 Å². The third-order valence-corrected chi connectivity index (χ3v) is 4.87. The molecule has 1 saturated heterocycles. The monoisotopic (exact) mass is 356 g/mol. The molecule has 2 heterocycles. The number of aromatic amines is 1. The van der Waals surface area contributed by atoms with Crippen molar-refractivity contribution in [2.45, 2.75) is 38.6 Å². The van der Waals surface area contributed by atoms with E-state index in [1.807, 2.05) is 13.0 Å². The Morgan fingerprint density at radius 2 is 2.15 bits per heavy atom. The zero-order valence-corrected chi connectivity index (χ0v) is 15.7. The number of nitrogens with zero attached hydrogens (tertiary/aromatic N) is 3. The van der Waals surface area contributed by atoms with Crippen LogP contribution < -0.4 is 9.47 Å². The van der Waals surface area contributed by atoms with Crippen LogP contribution in [0.15, 0.2) is 31.1 Å². The molecule has 2 aromatic rings. The fourth-order valence-corrected chi connectivity index (χ4v) is 3.65. The van der Waals surface area contributed by atoms with E-state index >= 15 is 0 Å². The van der Waals surface area contributed by atoms with Crippen LogP contribution in [0.25, 0.3) is 0 Å². The van der Waals surface area contributed by atoms with Gasteiger partial charge in [0.05, 0.1) is 13.7 Å². The highest BCUT2D eigenvalue weighted by Gasteiger charge is 2.23. The number of allylic oxidation sites excluding steroid dienone is 1.